The van der Waals surface area contributed by atoms with Gasteiger partial charge in [-0.3, -0.25) is 14.9 Å². The molecule has 0 spiro atoms. The number of nitrogens with zero attached hydrogens (tertiary/aromatic N) is 1. The number of aliphatic hydroxyl groups excluding tert-OH is 1. The largest absolute Gasteiger partial charge is 0.506 e. The lowest BCUT2D eigenvalue weighted by molar-refractivity contribution is -0.134. The number of rotatable bonds is 19. The molecule has 22 heteroatoms. The summed E-state index contributed by atoms with van der Waals surface area (Å²) >= 11 is 0. The molecule has 5 aromatic carbocycles. The Balaban J connectivity index is 0.000000370. The second kappa shape index (κ2) is 29.6. The SMILES string of the molecule is COc1cc(C(=O)NS(=O)(=O)c2ccccc2C)ccc1Cc1cn(C)c2ccc(NC(=O)OC3CCCC3)cc12.COc1ccc(C[C@@H](C)NC[C@H](O)c2ccc(O)c(NC=O)c2)cc1.O.O.O=C(O)/C=C/C(=O)O. The number of amides is 3. The molecule has 0 saturated heterocycles. The number of anilines is 2. The van der Waals surface area contributed by atoms with Crippen molar-refractivity contribution in [1.29, 1.82) is 0 Å². The smallest absolute Gasteiger partial charge is 0.411 e. The number of aryl methyl sites for hydroxylation is 2. The van der Waals surface area contributed by atoms with E-state index >= 15 is 0 Å². The van der Waals surface area contributed by atoms with Crippen molar-refractivity contribution in [2.24, 2.45) is 7.05 Å². The molecule has 0 aliphatic heterocycles. The van der Waals surface area contributed by atoms with E-state index in [4.69, 9.17) is 24.4 Å². The third kappa shape index (κ3) is 18.3. The molecule has 2 atom stereocenters. The van der Waals surface area contributed by atoms with Crippen LogP contribution in [0.5, 0.6) is 17.2 Å². The molecular formula is C54H65N5O16S. The van der Waals surface area contributed by atoms with E-state index in [1.807, 2.05) is 67.2 Å². The predicted octanol–water partition coefficient (Wildman–Crippen LogP) is 5.98. The number of fused-ring (bicyclic) bond motifs is 1. The number of phenols is 1. The van der Waals surface area contributed by atoms with Gasteiger partial charge in [-0.2, -0.15) is 0 Å². The van der Waals surface area contributed by atoms with Gasteiger partial charge in [-0.1, -0.05) is 42.5 Å². The van der Waals surface area contributed by atoms with Gasteiger partial charge in [-0.25, -0.2) is 27.5 Å². The third-order valence-corrected chi connectivity index (χ3v) is 13.3. The van der Waals surface area contributed by atoms with Crippen molar-refractivity contribution in [1.82, 2.24) is 14.6 Å². The number of phenolic OH excluding ortho intramolecular Hbond substituents is 1. The van der Waals surface area contributed by atoms with Crippen molar-refractivity contribution >= 4 is 62.7 Å². The maximum atomic E-state index is 12.9. The normalized spacial score (nSPS) is 12.7. The number of ether oxygens (including phenoxy) is 3. The molecule has 3 amide bonds. The highest BCUT2D eigenvalue weighted by atomic mass is 32.2. The lowest BCUT2D eigenvalue weighted by Crippen LogP contribution is -2.32. The van der Waals surface area contributed by atoms with Gasteiger partial charge in [0, 0.05) is 66.6 Å². The molecule has 0 radical (unpaired) electrons. The highest BCUT2D eigenvalue weighted by Crippen LogP contribution is 2.31. The van der Waals surface area contributed by atoms with Crippen molar-refractivity contribution in [3.63, 3.8) is 0 Å². The van der Waals surface area contributed by atoms with Gasteiger partial charge < -0.3 is 60.8 Å². The van der Waals surface area contributed by atoms with Crippen molar-refractivity contribution in [3.05, 3.63) is 155 Å². The Morgan fingerprint density at radius 2 is 1.51 bits per heavy atom. The second-order valence-corrected chi connectivity index (χ2v) is 18.9. The molecule has 12 N–H and O–H groups in total. The second-order valence-electron chi connectivity index (χ2n) is 17.3. The van der Waals surface area contributed by atoms with E-state index in [1.54, 1.807) is 56.5 Å². The number of aliphatic carboxylic acids is 2. The van der Waals surface area contributed by atoms with Gasteiger partial charge in [0.15, 0.2) is 0 Å². The minimum atomic E-state index is -4.04. The summed E-state index contributed by atoms with van der Waals surface area (Å²) in [7, 11) is 1.06. The van der Waals surface area contributed by atoms with Crippen LogP contribution in [0.3, 0.4) is 0 Å². The standard InChI is InChI=1S/C31H33N3O6S.C19H24N2O4.C4H4O4.2H2O/c1-20-8-4-7-11-29(20)41(37,38)33-30(35)22-13-12-21(28(17-22)39-3)16-23-19-34(2)27-15-14-24(18-26(23)27)32-31(36)40-25-9-5-6-10-25;1-13(9-14-3-6-16(25-2)7-4-14)20-11-19(24)15-5-8-18(23)17(10-15)21-12-22;5-3(6)1-2-4(7)8;;/h4,7-8,11-15,17-19,25H,5-6,9-10,16H2,1-3H3,(H,32,36)(H,33,35);3-8,10,12-13,19-20,23-24H,9,11H2,1-2H3,(H,21,22);1-2H,(H,5,6)(H,7,8);2*1H2/b;;2-1+;;/t;13-,19+;;;/m.1.../s1. The van der Waals surface area contributed by atoms with Gasteiger partial charge >= 0.3 is 18.0 Å². The zero-order chi connectivity index (χ0) is 54.0. The van der Waals surface area contributed by atoms with Crippen molar-refractivity contribution in [3.8, 4) is 17.2 Å². The minimum Gasteiger partial charge on any atom is -0.506 e. The molecule has 1 aromatic heterocycles. The number of aromatic hydroxyl groups is 1. The van der Waals surface area contributed by atoms with Gasteiger partial charge in [-0.05, 0) is 134 Å². The van der Waals surface area contributed by atoms with Crippen LogP contribution in [0.4, 0.5) is 16.2 Å². The maximum Gasteiger partial charge on any atom is 0.411 e. The summed E-state index contributed by atoms with van der Waals surface area (Å²) in [4.78, 5) is 55.0. The van der Waals surface area contributed by atoms with Crippen LogP contribution in [-0.2, 0) is 49.0 Å². The first-order valence-corrected chi connectivity index (χ1v) is 24.9. The molecule has 0 bridgehead atoms. The molecule has 1 fully saturated rings. The summed E-state index contributed by atoms with van der Waals surface area (Å²) in [6.45, 7) is 4.08. The van der Waals surface area contributed by atoms with Crippen LogP contribution in [-0.4, -0.2) is 108 Å². The van der Waals surface area contributed by atoms with Crippen LogP contribution in [0.15, 0.2) is 126 Å². The van der Waals surface area contributed by atoms with Crippen LogP contribution in [0.2, 0.25) is 0 Å². The summed E-state index contributed by atoms with van der Waals surface area (Å²) in [5.41, 5.74) is 6.22. The third-order valence-electron chi connectivity index (χ3n) is 11.8. The molecule has 1 aliphatic rings. The lowest BCUT2D eigenvalue weighted by atomic mass is 10.0. The van der Waals surface area contributed by atoms with Crippen LogP contribution >= 0.6 is 0 Å². The average Bonchev–Trinajstić information content (AvgIpc) is 4.00. The molecule has 7 rings (SSSR count). The molecule has 1 heterocycles. The number of hydrogen-bond acceptors (Lipinski definition) is 13. The van der Waals surface area contributed by atoms with Crippen molar-refractivity contribution < 1.29 is 78.0 Å². The van der Waals surface area contributed by atoms with Crippen LogP contribution in [0.25, 0.3) is 10.9 Å². The monoisotopic (exact) mass is 1070 g/mol. The molecule has 6 aromatic rings. The Morgan fingerprint density at radius 1 is 0.842 bits per heavy atom. The number of benzene rings is 5. The summed E-state index contributed by atoms with van der Waals surface area (Å²) in [5, 5.41) is 45.1. The Bertz CT molecular complexity index is 3050. The van der Waals surface area contributed by atoms with E-state index in [1.165, 1.54) is 30.9 Å². The van der Waals surface area contributed by atoms with E-state index in [0.717, 1.165) is 59.9 Å². The molecule has 1 saturated carbocycles. The average molecular weight is 1070 g/mol. The molecule has 408 valence electrons. The maximum absolute atomic E-state index is 12.9. The zero-order valence-electron chi connectivity index (χ0n) is 42.5. The highest BCUT2D eigenvalue weighted by molar-refractivity contribution is 7.90. The summed E-state index contributed by atoms with van der Waals surface area (Å²) in [5.74, 6) is -2.02. The fourth-order valence-electron chi connectivity index (χ4n) is 8.03. The van der Waals surface area contributed by atoms with E-state index in [9.17, 15) is 42.6 Å². The topological polar surface area (TPSA) is 344 Å². The zero-order valence-corrected chi connectivity index (χ0v) is 43.3. The van der Waals surface area contributed by atoms with E-state index in [-0.39, 0.29) is 45.0 Å². The Hall–Kier alpha value is -8.28. The molecule has 21 nitrogen and oxygen atoms in total. The van der Waals surface area contributed by atoms with Crippen molar-refractivity contribution in [2.45, 2.75) is 75.5 Å². The molecular weight excluding hydrogens is 1010 g/mol. The summed E-state index contributed by atoms with van der Waals surface area (Å²) < 4.78 is 46.0. The number of nitrogens with one attached hydrogen (secondary N) is 4. The number of carboxylic acid groups (broad SMARTS) is 2. The van der Waals surface area contributed by atoms with Crippen LogP contribution < -0.4 is 30.1 Å². The van der Waals surface area contributed by atoms with Crippen molar-refractivity contribution in [2.75, 3.05) is 31.4 Å². The van der Waals surface area contributed by atoms with Gasteiger partial charge in [0.05, 0.1) is 30.9 Å². The van der Waals surface area contributed by atoms with E-state index in [2.05, 4.69) is 20.7 Å². The first-order chi connectivity index (χ1) is 35.3. The Labute approximate surface area is 439 Å². The number of aromatic nitrogens is 1. The summed E-state index contributed by atoms with van der Waals surface area (Å²) in [6.07, 6.45) is 7.68. The number of hydrogen-bond donors (Lipinski definition) is 8. The quantitative estimate of drug-likeness (QED) is 0.0263. The molecule has 76 heavy (non-hydrogen) atoms. The number of aliphatic hydroxyl groups is 1. The highest BCUT2D eigenvalue weighted by Gasteiger charge is 2.23. The number of carbonyl (C=O) groups is 5. The Morgan fingerprint density at radius 3 is 2.13 bits per heavy atom. The Kier molecular flexibility index (Phi) is 24.1. The van der Waals surface area contributed by atoms with Crippen LogP contribution in [0, 0.1) is 6.92 Å². The lowest BCUT2D eigenvalue weighted by Gasteiger charge is -2.18. The van der Waals surface area contributed by atoms with E-state index < -0.39 is 40.1 Å². The van der Waals surface area contributed by atoms with Gasteiger partial charge in [-0.15, -0.1) is 0 Å². The van der Waals surface area contributed by atoms with E-state index in [0.29, 0.717) is 54.1 Å². The molecule has 1 aliphatic carbocycles. The fourth-order valence-corrected chi connectivity index (χ4v) is 9.25. The predicted molar refractivity (Wildman–Crippen MR) is 285 cm³/mol. The number of methoxy groups -OCH3 is 2. The van der Waals surface area contributed by atoms with Gasteiger partial charge in [0.2, 0.25) is 6.41 Å². The minimum absolute atomic E-state index is 0. The first-order valence-electron chi connectivity index (χ1n) is 23.4. The van der Waals surface area contributed by atoms with Gasteiger partial charge in [0.25, 0.3) is 15.9 Å². The number of carboxylic acids is 2. The first kappa shape index (κ1) is 62.0. The van der Waals surface area contributed by atoms with Gasteiger partial charge in [0.1, 0.15) is 23.4 Å². The molecule has 0 unspecified atom stereocenters. The number of sulfonamides is 1. The fraction of sp³-hybridized carbons (Fsp3) is 0.278. The van der Waals surface area contributed by atoms with Crippen LogP contribution in [0.1, 0.15) is 76.9 Å². The summed E-state index contributed by atoms with van der Waals surface area (Å²) in [6, 6.07) is 29.8. The number of carbonyl (C=O) groups excluding carboxylic acids is 3.